The summed E-state index contributed by atoms with van der Waals surface area (Å²) in [7, 11) is -2.10. The highest BCUT2D eigenvalue weighted by Crippen LogP contribution is 2.36. The van der Waals surface area contributed by atoms with E-state index in [0.29, 0.717) is 45.5 Å². The van der Waals surface area contributed by atoms with Gasteiger partial charge in [0.1, 0.15) is 6.10 Å². The number of benzene rings is 3. The quantitative estimate of drug-likeness (QED) is 0.127. The molecule has 236 valence electrons. The Hall–Kier alpha value is -2.87. The lowest BCUT2D eigenvalue weighted by Crippen LogP contribution is -2.50. The van der Waals surface area contributed by atoms with E-state index in [4.69, 9.17) is 14.2 Å². The molecule has 5 atom stereocenters. The van der Waals surface area contributed by atoms with Crippen LogP contribution in [0.25, 0.3) is 0 Å². The molecule has 1 saturated heterocycles. The van der Waals surface area contributed by atoms with Gasteiger partial charge < -0.3 is 19.3 Å². The third kappa shape index (κ3) is 9.32. The Morgan fingerprint density at radius 1 is 1.02 bits per heavy atom. The van der Waals surface area contributed by atoms with E-state index in [1.165, 1.54) is 5.19 Å². The van der Waals surface area contributed by atoms with Gasteiger partial charge in [-0.05, 0) is 44.2 Å². The molecule has 4 rings (SSSR count). The third-order valence-electron chi connectivity index (χ3n) is 9.23. The Kier molecular flexibility index (Phi) is 11.9. The predicted octanol–water partition coefficient (Wildman–Crippen LogP) is 7.39. The molecule has 1 aliphatic rings. The van der Waals surface area contributed by atoms with Gasteiger partial charge >= 0.3 is 0 Å². The summed E-state index contributed by atoms with van der Waals surface area (Å²) in [4.78, 5) is 13.5. The minimum atomic E-state index is -2.10. The molecule has 1 heterocycles. The van der Waals surface area contributed by atoms with Crippen molar-refractivity contribution in [2.45, 2.75) is 101 Å². The van der Waals surface area contributed by atoms with Crippen LogP contribution in [0, 0.1) is 0 Å². The number of rotatable bonds is 17. The highest BCUT2D eigenvalue weighted by Gasteiger charge is 2.42. The van der Waals surface area contributed by atoms with Crippen LogP contribution in [-0.2, 0) is 32.2 Å². The summed E-state index contributed by atoms with van der Waals surface area (Å²) in [5.41, 5.74) is 0.906. The van der Waals surface area contributed by atoms with Crippen molar-refractivity contribution >= 4 is 19.0 Å². The molecule has 1 fully saturated rings. The van der Waals surface area contributed by atoms with Gasteiger partial charge in [0.25, 0.3) is 0 Å². The Morgan fingerprint density at radius 2 is 1.59 bits per heavy atom. The van der Waals surface area contributed by atoms with E-state index >= 15 is 0 Å². The van der Waals surface area contributed by atoms with Crippen LogP contribution >= 0.6 is 0 Å². The fourth-order valence-corrected chi connectivity index (χ4v) is 9.47. The third-order valence-corrected chi connectivity index (χ3v) is 13.3. The summed E-state index contributed by atoms with van der Waals surface area (Å²) in [5.74, 6) is 0.0834. The van der Waals surface area contributed by atoms with E-state index in [0.717, 1.165) is 17.5 Å². The second-order valence-corrected chi connectivity index (χ2v) is 18.1. The van der Waals surface area contributed by atoms with Gasteiger partial charge in [0.2, 0.25) is 0 Å². The molecule has 3 aromatic rings. The predicted molar refractivity (Wildman–Crippen MR) is 181 cm³/mol. The smallest absolute Gasteiger partial charge is 0.161 e. The maximum absolute atomic E-state index is 13.5. The summed E-state index contributed by atoms with van der Waals surface area (Å²) >= 11 is 0. The van der Waals surface area contributed by atoms with Crippen molar-refractivity contribution in [2.24, 2.45) is 0 Å². The Bertz CT molecular complexity index is 1310. The molecule has 0 amide bonds. The second-order valence-electron chi connectivity index (χ2n) is 13.4. The van der Waals surface area contributed by atoms with Crippen molar-refractivity contribution in [1.82, 2.24) is 0 Å². The van der Waals surface area contributed by atoms with E-state index in [1.54, 1.807) is 0 Å². The van der Waals surface area contributed by atoms with Gasteiger partial charge in [-0.3, -0.25) is 4.79 Å². The summed E-state index contributed by atoms with van der Waals surface area (Å²) in [6.45, 7) is 14.1. The first-order valence-electron chi connectivity index (χ1n) is 15.9. The molecule has 0 aliphatic carbocycles. The summed E-state index contributed by atoms with van der Waals surface area (Å²) < 4.78 is 18.8. The maximum atomic E-state index is 13.5. The normalized spacial score (nSPS) is 21.3. The average molecular weight is 615 g/mol. The van der Waals surface area contributed by atoms with Gasteiger partial charge in [-0.1, -0.05) is 115 Å². The molecule has 3 aromatic carbocycles. The molecule has 0 unspecified atom stereocenters. The van der Waals surface area contributed by atoms with E-state index in [-0.39, 0.29) is 11.3 Å². The Morgan fingerprint density at radius 3 is 2.18 bits per heavy atom. The maximum Gasteiger partial charge on any atom is 0.161 e. The van der Waals surface area contributed by atoms with E-state index in [1.807, 2.05) is 86.7 Å². The van der Waals surface area contributed by atoms with Gasteiger partial charge in [0, 0.05) is 18.4 Å². The van der Waals surface area contributed by atoms with Crippen molar-refractivity contribution in [2.75, 3.05) is 6.61 Å². The topological polar surface area (TPSA) is 65.0 Å². The van der Waals surface area contributed by atoms with Crippen molar-refractivity contribution in [3.05, 3.63) is 115 Å². The number of ether oxygens (including phenoxy) is 3. The van der Waals surface area contributed by atoms with Crippen LogP contribution in [0.15, 0.2) is 104 Å². The van der Waals surface area contributed by atoms with Crippen LogP contribution in [-0.4, -0.2) is 49.0 Å². The van der Waals surface area contributed by atoms with Crippen LogP contribution < -0.4 is 5.19 Å². The monoisotopic (exact) mass is 614 g/mol. The van der Waals surface area contributed by atoms with Gasteiger partial charge in [0.15, 0.2) is 5.78 Å². The van der Waals surface area contributed by atoms with Gasteiger partial charge in [0.05, 0.1) is 45.2 Å². The number of hydrogen-bond acceptors (Lipinski definition) is 5. The highest BCUT2D eigenvalue weighted by atomic mass is 28.3. The summed E-state index contributed by atoms with van der Waals surface area (Å²) in [5, 5.41) is 13.0. The lowest BCUT2D eigenvalue weighted by molar-refractivity contribution is -0.141. The molecular formula is C38H50O5Si. The fourth-order valence-electron chi connectivity index (χ4n) is 6.37. The van der Waals surface area contributed by atoms with Gasteiger partial charge in [-0.15, -0.1) is 6.58 Å². The number of carbonyl (C=O) groups is 1. The minimum absolute atomic E-state index is 0.0741. The molecule has 0 saturated carbocycles. The Labute approximate surface area is 265 Å². The zero-order valence-electron chi connectivity index (χ0n) is 26.9. The number of carbonyl (C=O) groups excluding carboxylic acids is 1. The largest absolute Gasteiger partial charge is 0.393 e. The number of aliphatic hydroxyl groups excluding tert-OH is 1. The SMILES string of the molecule is C=C[C@@H]([C@H](O)C[C@](C)(CCC(=O)[C@H]1CC[C@](C)(COCc2ccccc2)O1)OCc1ccccc1)[Si](C)(C)c1ccccc1. The van der Waals surface area contributed by atoms with Gasteiger partial charge in [-0.2, -0.15) is 0 Å². The fraction of sp³-hybridized carbons (Fsp3) is 0.447. The first-order chi connectivity index (χ1) is 21.0. The van der Waals surface area contributed by atoms with Crippen LogP contribution in [0.4, 0.5) is 0 Å². The van der Waals surface area contributed by atoms with E-state index < -0.39 is 31.5 Å². The van der Waals surface area contributed by atoms with E-state index in [2.05, 4.69) is 43.9 Å². The lowest BCUT2D eigenvalue weighted by Gasteiger charge is -2.39. The van der Waals surface area contributed by atoms with Crippen LogP contribution in [0.5, 0.6) is 0 Å². The van der Waals surface area contributed by atoms with Crippen molar-refractivity contribution in [3.8, 4) is 0 Å². The van der Waals surface area contributed by atoms with Crippen molar-refractivity contribution < 1.29 is 24.1 Å². The van der Waals surface area contributed by atoms with Crippen molar-refractivity contribution in [3.63, 3.8) is 0 Å². The zero-order chi connectivity index (χ0) is 31.6. The first-order valence-corrected chi connectivity index (χ1v) is 19.0. The molecule has 0 bridgehead atoms. The zero-order valence-corrected chi connectivity index (χ0v) is 27.9. The molecule has 44 heavy (non-hydrogen) atoms. The highest BCUT2D eigenvalue weighted by molar-refractivity contribution is 6.91. The van der Waals surface area contributed by atoms with Gasteiger partial charge in [-0.25, -0.2) is 0 Å². The molecule has 0 spiro atoms. The Balaban J connectivity index is 1.39. The standard InChI is InChI=1S/C38H50O5Si/c1-6-36(44(4,5)32-20-14-9-15-21-32)34(40)26-37(2,42-28-31-18-12-8-13-19-31)24-22-33(39)35-23-25-38(3,43-35)29-41-27-30-16-10-7-11-17-30/h6-21,34-36,40H,1,22-29H2,2-5H3/t34-,35-,36+,37+,38-/m1/s1. The summed E-state index contributed by atoms with van der Waals surface area (Å²) in [6, 6.07) is 30.6. The molecule has 0 aromatic heterocycles. The number of ketones is 1. The molecule has 0 radical (unpaired) electrons. The average Bonchev–Trinajstić information content (AvgIpc) is 3.42. The lowest BCUT2D eigenvalue weighted by atomic mass is 9.89. The molecular weight excluding hydrogens is 564 g/mol. The van der Waals surface area contributed by atoms with Crippen LogP contribution in [0.1, 0.15) is 57.1 Å². The van der Waals surface area contributed by atoms with E-state index in [9.17, 15) is 9.90 Å². The number of Topliss-reactive ketones (excluding diaryl/α,β-unsaturated/α-hetero) is 1. The second kappa shape index (κ2) is 15.4. The molecule has 1 aliphatic heterocycles. The first kappa shape index (κ1) is 34.0. The molecule has 1 N–H and O–H groups in total. The number of aliphatic hydroxyl groups is 1. The summed E-state index contributed by atoms with van der Waals surface area (Å²) in [6.07, 6.45) is 3.49. The van der Waals surface area contributed by atoms with Crippen LogP contribution in [0.2, 0.25) is 18.6 Å². The van der Waals surface area contributed by atoms with Crippen molar-refractivity contribution in [1.29, 1.82) is 0 Å². The van der Waals surface area contributed by atoms with Crippen LogP contribution in [0.3, 0.4) is 0 Å². The minimum Gasteiger partial charge on any atom is -0.393 e. The molecule has 5 nitrogen and oxygen atoms in total. The molecule has 6 heteroatoms. The number of hydrogen-bond donors (Lipinski definition) is 1.